The maximum absolute atomic E-state index is 8.44. The highest BCUT2D eigenvalue weighted by atomic mass is 16.5. The van der Waals surface area contributed by atoms with E-state index < -0.39 is 5.95 Å². The van der Waals surface area contributed by atoms with Crippen molar-refractivity contribution in [3.8, 4) is 0 Å². The van der Waals surface area contributed by atoms with E-state index in [9.17, 15) is 0 Å². The van der Waals surface area contributed by atoms with E-state index in [1.807, 2.05) is 18.2 Å². The number of aliphatic hydroxyl groups is 2. The van der Waals surface area contributed by atoms with Crippen LogP contribution in [0.3, 0.4) is 0 Å². The zero-order valence-electron chi connectivity index (χ0n) is 10.7. The molecule has 0 amide bonds. The summed E-state index contributed by atoms with van der Waals surface area (Å²) in [5, 5.41) is 16.9. The van der Waals surface area contributed by atoms with Crippen LogP contribution in [0.1, 0.15) is 45.4 Å². The van der Waals surface area contributed by atoms with E-state index in [4.69, 9.17) is 10.2 Å². The monoisotopic (exact) mass is 236 g/mol. The minimum Gasteiger partial charge on any atom is -0.481 e. The van der Waals surface area contributed by atoms with Crippen molar-refractivity contribution < 1.29 is 10.2 Å². The largest absolute Gasteiger partial charge is 0.481 e. The summed E-state index contributed by atoms with van der Waals surface area (Å²) in [5.74, 6) is -0.669. The van der Waals surface area contributed by atoms with Gasteiger partial charge in [-0.1, -0.05) is 69.1 Å². The highest BCUT2D eigenvalue weighted by Crippen LogP contribution is 2.05. The first-order valence-corrected chi connectivity index (χ1v) is 6.35. The van der Waals surface area contributed by atoms with E-state index >= 15 is 0 Å². The quantitative estimate of drug-likeness (QED) is 0.337. The molecule has 96 valence electrons. The highest BCUT2D eigenvalue weighted by molar-refractivity contribution is 5.15. The van der Waals surface area contributed by atoms with Crippen molar-refractivity contribution in [2.24, 2.45) is 0 Å². The maximum Gasteiger partial charge on any atom is 0.274 e. The van der Waals surface area contributed by atoms with Gasteiger partial charge in [0, 0.05) is 6.08 Å². The number of unbranched alkanes of at least 4 members (excludes halogenated alkanes) is 5. The first-order valence-electron chi connectivity index (χ1n) is 6.35. The lowest BCUT2D eigenvalue weighted by Crippen LogP contribution is -1.75. The fourth-order valence-electron chi connectivity index (χ4n) is 1.37. The minimum absolute atomic E-state index is 0.669. The summed E-state index contributed by atoms with van der Waals surface area (Å²) >= 11 is 0. The molecule has 2 N–H and O–H groups in total. The number of allylic oxidation sites excluding steroid dienone is 7. The number of aliphatic hydroxyl groups excluding tert-OH is 1. The van der Waals surface area contributed by atoms with Crippen LogP contribution in [0.25, 0.3) is 0 Å². The van der Waals surface area contributed by atoms with Crippen LogP contribution in [0.15, 0.2) is 48.5 Å². The summed E-state index contributed by atoms with van der Waals surface area (Å²) in [6.45, 7) is 2.23. The van der Waals surface area contributed by atoms with Crippen molar-refractivity contribution in [3.63, 3.8) is 0 Å². The number of hydrogen-bond donors (Lipinski definition) is 2. The van der Waals surface area contributed by atoms with Crippen molar-refractivity contribution in [2.75, 3.05) is 0 Å². The molecule has 0 heterocycles. The third-order valence-corrected chi connectivity index (χ3v) is 2.30. The van der Waals surface area contributed by atoms with Crippen molar-refractivity contribution in [1.82, 2.24) is 0 Å². The maximum atomic E-state index is 8.44. The Kier molecular flexibility index (Phi) is 11.6. The van der Waals surface area contributed by atoms with Gasteiger partial charge in [-0.3, -0.25) is 0 Å². The van der Waals surface area contributed by atoms with Gasteiger partial charge in [-0.25, -0.2) is 0 Å². The molecule has 0 aromatic heterocycles. The van der Waals surface area contributed by atoms with Crippen molar-refractivity contribution >= 4 is 0 Å². The molecule has 0 aliphatic carbocycles. The van der Waals surface area contributed by atoms with E-state index in [0.29, 0.717) is 0 Å². The summed E-state index contributed by atoms with van der Waals surface area (Å²) in [5.41, 5.74) is 0. The van der Waals surface area contributed by atoms with Crippen LogP contribution < -0.4 is 0 Å². The van der Waals surface area contributed by atoms with E-state index in [2.05, 4.69) is 13.0 Å². The Labute approximate surface area is 105 Å². The second kappa shape index (κ2) is 12.6. The Balaban J connectivity index is 3.44. The highest BCUT2D eigenvalue weighted by Gasteiger charge is 1.85. The van der Waals surface area contributed by atoms with Crippen LogP contribution in [0, 0.1) is 0 Å². The third-order valence-electron chi connectivity index (χ3n) is 2.30. The first-order chi connectivity index (χ1) is 8.27. The molecule has 2 nitrogen and oxygen atoms in total. The molecule has 0 aliphatic heterocycles. The van der Waals surface area contributed by atoms with Gasteiger partial charge in [0.05, 0.1) is 0 Å². The predicted molar refractivity (Wildman–Crippen MR) is 74.1 cm³/mol. The standard InChI is InChI=1S/C15H24O2/c1-2-3-4-5-6-7-8-9-10-11-12-13-14-15(16)17/h8-14,16-17H,2-7H2,1H3. The summed E-state index contributed by atoms with van der Waals surface area (Å²) in [4.78, 5) is 0. The zero-order valence-corrected chi connectivity index (χ0v) is 10.7. The molecule has 2 heteroatoms. The molecule has 0 fully saturated rings. The average Bonchev–Trinajstić information content (AvgIpc) is 2.30. The molecule has 0 unspecified atom stereocenters. The lowest BCUT2D eigenvalue weighted by molar-refractivity contribution is 0.191. The molecule has 0 radical (unpaired) electrons. The van der Waals surface area contributed by atoms with Crippen molar-refractivity contribution in [2.45, 2.75) is 45.4 Å². The normalized spacial score (nSPS) is 11.8. The Hall–Kier alpha value is -1.44. The Morgan fingerprint density at radius 1 is 0.824 bits per heavy atom. The molecule has 0 rings (SSSR count). The molecule has 0 saturated heterocycles. The summed E-state index contributed by atoms with van der Waals surface area (Å²) in [6, 6.07) is 0. The SMILES string of the molecule is CCCCCCCC=CC=CC=CC=C(O)O. The third kappa shape index (κ3) is 14.6. The molecular weight excluding hydrogens is 212 g/mol. The van der Waals surface area contributed by atoms with E-state index in [1.54, 1.807) is 12.2 Å². The zero-order chi connectivity index (χ0) is 12.8. The Morgan fingerprint density at radius 2 is 1.47 bits per heavy atom. The van der Waals surface area contributed by atoms with Crippen LogP contribution >= 0.6 is 0 Å². The second-order valence-corrected chi connectivity index (χ2v) is 3.93. The van der Waals surface area contributed by atoms with Gasteiger partial charge in [0.1, 0.15) is 0 Å². The van der Waals surface area contributed by atoms with Gasteiger partial charge in [-0.05, 0) is 12.8 Å². The predicted octanol–water partition coefficient (Wildman–Crippen LogP) is 4.97. The van der Waals surface area contributed by atoms with Gasteiger partial charge < -0.3 is 10.2 Å². The van der Waals surface area contributed by atoms with E-state index in [1.165, 1.54) is 38.2 Å². The average molecular weight is 236 g/mol. The summed E-state index contributed by atoms with van der Waals surface area (Å²) in [6.07, 6.45) is 20.2. The lowest BCUT2D eigenvalue weighted by atomic mass is 10.1. The summed E-state index contributed by atoms with van der Waals surface area (Å²) < 4.78 is 0. The molecule has 0 saturated carbocycles. The van der Waals surface area contributed by atoms with Gasteiger partial charge >= 0.3 is 0 Å². The van der Waals surface area contributed by atoms with Gasteiger partial charge in [0.2, 0.25) is 0 Å². The van der Waals surface area contributed by atoms with Crippen LogP contribution in [-0.4, -0.2) is 10.2 Å². The first kappa shape index (κ1) is 15.6. The Bertz CT molecular complexity index is 269. The van der Waals surface area contributed by atoms with Crippen LogP contribution in [0.5, 0.6) is 0 Å². The number of hydrogen-bond acceptors (Lipinski definition) is 2. The van der Waals surface area contributed by atoms with Crippen LogP contribution in [-0.2, 0) is 0 Å². The molecule has 0 atom stereocenters. The van der Waals surface area contributed by atoms with Crippen LogP contribution in [0.2, 0.25) is 0 Å². The fraction of sp³-hybridized carbons (Fsp3) is 0.467. The molecular formula is C15H24O2. The second-order valence-electron chi connectivity index (χ2n) is 3.93. The van der Waals surface area contributed by atoms with Crippen molar-refractivity contribution in [1.29, 1.82) is 0 Å². The Morgan fingerprint density at radius 3 is 2.18 bits per heavy atom. The molecule has 0 spiro atoms. The molecule has 0 aromatic carbocycles. The molecule has 0 bridgehead atoms. The van der Waals surface area contributed by atoms with Gasteiger partial charge in [0.15, 0.2) is 0 Å². The number of rotatable bonds is 9. The van der Waals surface area contributed by atoms with Gasteiger partial charge in [-0.2, -0.15) is 0 Å². The van der Waals surface area contributed by atoms with E-state index in [0.717, 1.165) is 6.42 Å². The molecule has 17 heavy (non-hydrogen) atoms. The van der Waals surface area contributed by atoms with Gasteiger partial charge in [0.25, 0.3) is 5.95 Å². The lowest BCUT2D eigenvalue weighted by Gasteiger charge is -1.95. The van der Waals surface area contributed by atoms with Gasteiger partial charge in [-0.15, -0.1) is 0 Å². The van der Waals surface area contributed by atoms with E-state index in [-0.39, 0.29) is 0 Å². The topological polar surface area (TPSA) is 40.5 Å². The van der Waals surface area contributed by atoms with Crippen molar-refractivity contribution in [3.05, 3.63) is 48.5 Å². The van der Waals surface area contributed by atoms with Crippen LogP contribution in [0.4, 0.5) is 0 Å². The summed E-state index contributed by atoms with van der Waals surface area (Å²) in [7, 11) is 0. The molecule has 0 aliphatic rings. The fourth-order valence-corrected chi connectivity index (χ4v) is 1.37. The molecule has 0 aromatic rings. The smallest absolute Gasteiger partial charge is 0.274 e. The minimum atomic E-state index is -0.669.